The van der Waals surface area contributed by atoms with Crippen LogP contribution in [-0.4, -0.2) is 4.98 Å². The first kappa shape index (κ1) is 13.2. The number of hydrogen-bond donors (Lipinski definition) is 2. The van der Waals surface area contributed by atoms with E-state index >= 15 is 0 Å². The molecule has 0 amide bonds. The maximum atomic E-state index is 5.76. The minimum absolute atomic E-state index is 0.0272. The summed E-state index contributed by atoms with van der Waals surface area (Å²) < 4.78 is 0. The molecule has 20 heavy (non-hydrogen) atoms. The fourth-order valence-electron chi connectivity index (χ4n) is 2.38. The van der Waals surface area contributed by atoms with Crippen molar-refractivity contribution in [3.05, 3.63) is 63.5 Å². The van der Waals surface area contributed by atoms with Gasteiger partial charge in [-0.05, 0) is 49.7 Å². The molecule has 3 rings (SSSR count). The van der Waals surface area contributed by atoms with Crippen LogP contribution in [0.2, 0.25) is 0 Å². The predicted molar refractivity (Wildman–Crippen MR) is 84.7 cm³/mol. The monoisotopic (exact) mass is 283 g/mol. The van der Waals surface area contributed by atoms with Gasteiger partial charge >= 0.3 is 0 Å². The van der Waals surface area contributed by atoms with Crippen LogP contribution in [0.1, 0.15) is 27.1 Å². The Labute approximate surface area is 122 Å². The van der Waals surface area contributed by atoms with Gasteiger partial charge in [-0.15, -0.1) is 11.3 Å². The van der Waals surface area contributed by atoms with Crippen molar-refractivity contribution in [2.24, 2.45) is 5.84 Å². The summed E-state index contributed by atoms with van der Waals surface area (Å²) in [7, 11) is 0. The lowest BCUT2D eigenvalue weighted by Gasteiger charge is -2.15. The van der Waals surface area contributed by atoms with Crippen molar-refractivity contribution in [1.82, 2.24) is 10.4 Å². The second-order valence-corrected chi connectivity index (χ2v) is 6.27. The van der Waals surface area contributed by atoms with Gasteiger partial charge in [-0.1, -0.05) is 12.1 Å². The molecular weight excluding hydrogens is 266 g/mol. The van der Waals surface area contributed by atoms with Crippen molar-refractivity contribution >= 4 is 22.2 Å². The molecule has 3 N–H and O–H groups in total. The Morgan fingerprint density at radius 3 is 2.65 bits per heavy atom. The molecule has 0 radical (unpaired) electrons. The first-order valence-electron chi connectivity index (χ1n) is 6.57. The van der Waals surface area contributed by atoms with Gasteiger partial charge in [-0.2, -0.15) is 0 Å². The largest absolute Gasteiger partial charge is 0.271 e. The van der Waals surface area contributed by atoms with Crippen molar-refractivity contribution in [2.45, 2.75) is 19.9 Å². The summed E-state index contributed by atoms with van der Waals surface area (Å²) >= 11 is 1.76. The third-order valence-corrected chi connectivity index (χ3v) is 4.46. The molecule has 3 aromatic rings. The molecule has 2 aromatic heterocycles. The van der Waals surface area contributed by atoms with Gasteiger partial charge in [0.05, 0.1) is 11.6 Å². The lowest BCUT2D eigenvalue weighted by atomic mass is 10.0. The van der Waals surface area contributed by atoms with Crippen LogP contribution >= 0.6 is 11.3 Å². The zero-order valence-corrected chi connectivity index (χ0v) is 12.4. The average molecular weight is 283 g/mol. The van der Waals surface area contributed by atoms with Crippen LogP contribution in [0.15, 0.2) is 42.5 Å². The summed E-state index contributed by atoms with van der Waals surface area (Å²) in [6.07, 6.45) is 0. The van der Waals surface area contributed by atoms with E-state index in [1.165, 1.54) is 9.75 Å². The Bertz CT molecular complexity index is 748. The maximum Gasteiger partial charge on any atom is 0.0802 e. The quantitative estimate of drug-likeness (QED) is 0.571. The van der Waals surface area contributed by atoms with Crippen molar-refractivity contribution in [1.29, 1.82) is 0 Å². The number of nitrogens with one attached hydrogen (secondary N) is 1. The fraction of sp³-hybridized carbons (Fsp3) is 0.188. The van der Waals surface area contributed by atoms with E-state index in [9.17, 15) is 0 Å². The highest BCUT2D eigenvalue weighted by Gasteiger charge is 2.14. The Kier molecular flexibility index (Phi) is 3.53. The molecule has 0 bridgehead atoms. The van der Waals surface area contributed by atoms with Gasteiger partial charge in [-0.25, -0.2) is 5.43 Å². The van der Waals surface area contributed by atoms with Crippen LogP contribution in [-0.2, 0) is 0 Å². The molecule has 1 unspecified atom stereocenters. The van der Waals surface area contributed by atoms with Crippen LogP contribution < -0.4 is 11.3 Å². The number of pyridine rings is 1. The standard InChI is InChI=1S/C16H17N3S/c1-10-3-5-12-9-13(6-7-14(12)18-10)16(19-17)15-8-4-11(2)20-15/h3-9,16,19H,17H2,1-2H3. The number of nitrogens with two attached hydrogens (primary N) is 1. The summed E-state index contributed by atoms with van der Waals surface area (Å²) in [5.74, 6) is 5.76. The van der Waals surface area contributed by atoms with Crippen molar-refractivity contribution in [2.75, 3.05) is 0 Å². The Hall–Kier alpha value is -1.75. The third kappa shape index (κ3) is 2.45. The van der Waals surface area contributed by atoms with Crippen LogP contribution in [0, 0.1) is 13.8 Å². The molecular formula is C16H17N3S. The van der Waals surface area contributed by atoms with Crippen molar-refractivity contribution < 1.29 is 0 Å². The second-order valence-electron chi connectivity index (χ2n) is 4.95. The third-order valence-electron chi connectivity index (χ3n) is 3.40. The molecule has 102 valence electrons. The molecule has 1 aromatic carbocycles. The number of hydrogen-bond acceptors (Lipinski definition) is 4. The van der Waals surface area contributed by atoms with E-state index in [0.717, 1.165) is 22.2 Å². The molecule has 0 aliphatic heterocycles. The molecule has 0 saturated heterocycles. The predicted octanol–water partition coefficient (Wildman–Crippen LogP) is 3.47. The van der Waals surface area contributed by atoms with Gasteiger partial charge in [0.25, 0.3) is 0 Å². The zero-order chi connectivity index (χ0) is 14.1. The number of thiophene rings is 1. The number of benzene rings is 1. The molecule has 1 atom stereocenters. The molecule has 4 heteroatoms. The van der Waals surface area contributed by atoms with Crippen LogP contribution in [0.4, 0.5) is 0 Å². The summed E-state index contributed by atoms with van der Waals surface area (Å²) in [6, 6.07) is 14.7. The smallest absolute Gasteiger partial charge is 0.0802 e. The lowest BCUT2D eigenvalue weighted by molar-refractivity contribution is 0.647. The zero-order valence-electron chi connectivity index (χ0n) is 11.6. The van der Waals surface area contributed by atoms with Gasteiger partial charge in [0.1, 0.15) is 0 Å². The van der Waals surface area contributed by atoms with E-state index in [1.807, 2.05) is 13.0 Å². The number of nitrogens with zero attached hydrogens (tertiary/aromatic N) is 1. The molecule has 0 aliphatic rings. The summed E-state index contributed by atoms with van der Waals surface area (Å²) in [6.45, 7) is 4.11. The Morgan fingerprint density at radius 1 is 1.10 bits per heavy atom. The number of fused-ring (bicyclic) bond motifs is 1. The number of hydrazine groups is 1. The van der Waals surface area contributed by atoms with Crippen molar-refractivity contribution in [3.63, 3.8) is 0 Å². The molecule has 2 heterocycles. The van der Waals surface area contributed by atoms with Crippen LogP contribution in [0.3, 0.4) is 0 Å². The van der Waals surface area contributed by atoms with Crippen LogP contribution in [0.25, 0.3) is 10.9 Å². The lowest BCUT2D eigenvalue weighted by Crippen LogP contribution is -2.28. The molecule has 0 fully saturated rings. The fourth-order valence-corrected chi connectivity index (χ4v) is 3.34. The van der Waals surface area contributed by atoms with Gasteiger partial charge in [-0.3, -0.25) is 10.8 Å². The van der Waals surface area contributed by atoms with E-state index in [0.29, 0.717) is 0 Å². The van der Waals surface area contributed by atoms with E-state index < -0.39 is 0 Å². The Morgan fingerprint density at radius 2 is 1.95 bits per heavy atom. The van der Waals surface area contributed by atoms with Gasteiger partial charge in [0.2, 0.25) is 0 Å². The number of aryl methyl sites for hydroxylation is 2. The van der Waals surface area contributed by atoms with E-state index in [4.69, 9.17) is 5.84 Å². The highest BCUT2D eigenvalue weighted by atomic mass is 32.1. The minimum atomic E-state index is 0.0272. The van der Waals surface area contributed by atoms with Gasteiger partial charge in [0, 0.05) is 20.8 Å². The first-order valence-corrected chi connectivity index (χ1v) is 7.39. The molecule has 0 spiro atoms. The molecule has 0 saturated carbocycles. The maximum absolute atomic E-state index is 5.76. The topological polar surface area (TPSA) is 50.9 Å². The second kappa shape index (κ2) is 5.32. The number of aromatic nitrogens is 1. The number of rotatable bonds is 3. The minimum Gasteiger partial charge on any atom is -0.271 e. The molecule has 0 aliphatic carbocycles. The highest BCUT2D eigenvalue weighted by molar-refractivity contribution is 7.12. The van der Waals surface area contributed by atoms with E-state index in [-0.39, 0.29) is 6.04 Å². The van der Waals surface area contributed by atoms with Crippen LogP contribution in [0.5, 0.6) is 0 Å². The summed E-state index contributed by atoms with van der Waals surface area (Å²) in [4.78, 5) is 7.05. The van der Waals surface area contributed by atoms with E-state index in [1.54, 1.807) is 11.3 Å². The first-order chi connectivity index (χ1) is 9.67. The van der Waals surface area contributed by atoms with Gasteiger partial charge in [0.15, 0.2) is 0 Å². The Balaban J connectivity index is 2.05. The molecule has 3 nitrogen and oxygen atoms in total. The summed E-state index contributed by atoms with van der Waals surface area (Å²) in [5, 5.41) is 1.14. The summed E-state index contributed by atoms with van der Waals surface area (Å²) in [5.41, 5.74) is 6.13. The normalized spacial score (nSPS) is 12.8. The van der Waals surface area contributed by atoms with Gasteiger partial charge < -0.3 is 0 Å². The van der Waals surface area contributed by atoms with E-state index in [2.05, 4.69) is 53.7 Å². The van der Waals surface area contributed by atoms with Crippen molar-refractivity contribution in [3.8, 4) is 0 Å². The highest BCUT2D eigenvalue weighted by Crippen LogP contribution is 2.29. The SMILES string of the molecule is Cc1ccc2cc(C(NN)c3ccc(C)s3)ccc2n1. The average Bonchev–Trinajstić information content (AvgIpc) is 2.86.